The zero-order valence-electron chi connectivity index (χ0n) is 7.32. The van der Waals surface area contributed by atoms with E-state index >= 15 is 0 Å². The highest BCUT2D eigenvalue weighted by Crippen LogP contribution is 2.18. The van der Waals surface area contributed by atoms with Gasteiger partial charge in [0, 0.05) is 5.38 Å². The van der Waals surface area contributed by atoms with Gasteiger partial charge in [-0.25, -0.2) is 4.98 Å². The van der Waals surface area contributed by atoms with Crippen molar-refractivity contribution in [3.05, 3.63) is 21.2 Å². The molecule has 0 atom stereocenters. The number of nitrogens with one attached hydrogen (secondary N) is 1. The summed E-state index contributed by atoms with van der Waals surface area (Å²) in [7, 11) is 0. The molecule has 2 rings (SSSR count). The fourth-order valence-corrected chi connectivity index (χ4v) is 2.24. The molecule has 74 valence electrons. The van der Waals surface area contributed by atoms with E-state index in [0.717, 1.165) is 22.4 Å². The van der Waals surface area contributed by atoms with E-state index < -0.39 is 0 Å². The molecule has 14 heavy (non-hydrogen) atoms. The maximum atomic E-state index is 5.77. The van der Waals surface area contributed by atoms with Crippen LogP contribution >= 0.6 is 34.7 Å². The van der Waals surface area contributed by atoms with Crippen LogP contribution in [-0.4, -0.2) is 13.7 Å². The molecule has 0 saturated heterocycles. The zero-order valence-corrected chi connectivity index (χ0v) is 9.71. The Hall–Kier alpha value is -0.720. The molecule has 7 heteroatoms. The summed E-state index contributed by atoms with van der Waals surface area (Å²) in [6, 6.07) is 0. The predicted molar refractivity (Wildman–Crippen MR) is 59.1 cm³/mol. The van der Waals surface area contributed by atoms with E-state index in [4.69, 9.17) is 11.6 Å². The van der Waals surface area contributed by atoms with Crippen molar-refractivity contribution in [3.8, 4) is 0 Å². The highest BCUT2D eigenvalue weighted by molar-refractivity contribution is 7.09. The van der Waals surface area contributed by atoms with Crippen LogP contribution in [0.4, 0.5) is 5.82 Å². The first kappa shape index (κ1) is 9.82. The third-order valence-electron chi connectivity index (χ3n) is 1.55. The Bertz CT molecular complexity index is 425. The van der Waals surface area contributed by atoms with E-state index in [0.29, 0.717) is 17.5 Å². The minimum atomic E-state index is 0.418. The van der Waals surface area contributed by atoms with Gasteiger partial charge in [0.25, 0.3) is 0 Å². The Labute approximate surface area is 94.3 Å². The molecular formula is C7H7ClN4S2. The molecule has 0 radical (unpaired) electrons. The van der Waals surface area contributed by atoms with E-state index in [1.807, 2.05) is 12.3 Å². The number of thiazole rings is 1. The number of nitrogens with zero attached hydrogens (tertiary/aromatic N) is 3. The molecular weight excluding hydrogens is 240 g/mol. The first-order valence-electron chi connectivity index (χ1n) is 3.88. The van der Waals surface area contributed by atoms with Crippen molar-refractivity contribution in [2.45, 2.75) is 13.5 Å². The van der Waals surface area contributed by atoms with Crippen LogP contribution in [0.25, 0.3) is 0 Å². The maximum Gasteiger partial charge on any atom is 0.186 e. The van der Waals surface area contributed by atoms with Gasteiger partial charge in [0.1, 0.15) is 0 Å². The van der Waals surface area contributed by atoms with Crippen LogP contribution in [0, 0.1) is 6.92 Å². The third-order valence-corrected chi connectivity index (χ3v) is 3.27. The Balaban J connectivity index is 1.98. The molecule has 0 aliphatic carbocycles. The first-order chi connectivity index (χ1) is 6.75. The molecule has 0 aromatic carbocycles. The molecule has 0 bridgehead atoms. The molecule has 2 aromatic heterocycles. The summed E-state index contributed by atoms with van der Waals surface area (Å²) in [6.45, 7) is 2.61. The van der Waals surface area contributed by atoms with Gasteiger partial charge in [0.05, 0.1) is 29.0 Å². The highest BCUT2D eigenvalue weighted by Gasteiger charge is 2.05. The SMILES string of the molecule is Cc1nc(CNc2nsnc2Cl)cs1. The summed E-state index contributed by atoms with van der Waals surface area (Å²) in [5.41, 5.74) is 0.997. The Morgan fingerprint density at radius 3 is 2.93 bits per heavy atom. The molecule has 0 spiro atoms. The summed E-state index contributed by atoms with van der Waals surface area (Å²) < 4.78 is 7.85. The van der Waals surface area contributed by atoms with Crippen LogP contribution < -0.4 is 5.32 Å². The van der Waals surface area contributed by atoms with Crippen LogP contribution in [0.5, 0.6) is 0 Å². The van der Waals surface area contributed by atoms with Crippen LogP contribution in [0.1, 0.15) is 10.7 Å². The van der Waals surface area contributed by atoms with E-state index in [1.54, 1.807) is 11.3 Å². The van der Waals surface area contributed by atoms with Gasteiger partial charge in [-0.3, -0.25) is 0 Å². The Morgan fingerprint density at radius 1 is 1.50 bits per heavy atom. The quantitative estimate of drug-likeness (QED) is 0.905. The summed E-state index contributed by atoms with van der Waals surface area (Å²) in [5.74, 6) is 0.627. The van der Waals surface area contributed by atoms with Gasteiger partial charge in [-0.1, -0.05) is 11.6 Å². The molecule has 4 nitrogen and oxygen atoms in total. The van der Waals surface area contributed by atoms with Crippen LogP contribution in [0.2, 0.25) is 5.15 Å². The van der Waals surface area contributed by atoms with Gasteiger partial charge >= 0.3 is 0 Å². The lowest BCUT2D eigenvalue weighted by Gasteiger charge is -1.98. The summed E-state index contributed by atoms with van der Waals surface area (Å²) >= 11 is 8.49. The van der Waals surface area contributed by atoms with Gasteiger partial charge in [0.15, 0.2) is 11.0 Å². The summed E-state index contributed by atoms with van der Waals surface area (Å²) in [6.07, 6.45) is 0. The Morgan fingerprint density at radius 2 is 2.36 bits per heavy atom. The summed E-state index contributed by atoms with van der Waals surface area (Å²) in [4.78, 5) is 4.31. The lowest BCUT2D eigenvalue weighted by atomic mass is 10.5. The van der Waals surface area contributed by atoms with E-state index in [2.05, 4.69) is 19.0 Å². The lowest BCUT2D eigenvalue weighted by molar-refractivity contribution is 1.05. The van der Waals surface area contributed by atoms with Crippen LogP contribution in [0.3, 0.4) is 0 Å². The second kappa shape index (κ2) is 4.20. The molecule has 0 amide bonds. The number of aryl methyl sites for hydroxylation is 1. The fraction of sp³-hybridized carbons (Fsp3) is 0.286. The molecule has 0 fully saturated rings. The molecule has 0 saturated carbocycles. The van der Waals surface area contributed by atoms with E-state index in [1.165, 1.54) is 0 Å². The van der Waals surface area contributed by atoms with Gasteiger partial charge in [-0.05, 0) is 6.92 Å². The monoisotopic (exact) mass is 246 g/mol. The number of halogens is 1. The number of rotatable bonds is 3. The molecule has 1 N–H and O–H groups in total. The van der Waals surface area contributed by atoms with Gasteiger partial charge in [0.2, 0.25) is 0 Å². The maximum absolute atomic E-state index is 5.77. The van der Waals surface area contributed by atoms with Gasteiger partial charge in [-0.15, -0.1) is 11.3 Å². The molecule has 0 aliphatic heterocycles. The van der Waals surface area contributed by atoms with Crippen molar-refractivity contribution in [3.63, 3.8) is 0 Å². The van der Waals surface area contributed by atoms with Crippen LogP contribution in [0.15, 0.2) is 5.38 Å². The lowest BCUT2D eigenvalue weighted by Crippen LogP contribution is -2.00. The minimum absolute atomic E-state index is 0.418. The average molecular weight is 247 g/mol. The van der Waals surface area contributed by atoms with Crippen molar-refractivity contribution in [1.82, 2.24) is 13.7 Å². The number of hydrogen-bond donors (Lipinski definition) is 1. The molecule has 0 unspecified atom stereocenters. The fourth-order valence-electron chi connectivity index (χ4n) is 0.947. The number of anilines is 1. The third kappa shape index (κ3) is 2.20. The molecule has 0 aliphatic rings. The normalized spacial score (nSPS) is 10.4. The molecule has 2 heterocycles. The van der Waals surface area contributed by atoms with Gasteiger partial charge < -0.3 is 5.32 Å². The average Bonchev–Trinajstić information content (AvgIpc) is 2.72. The highest BCUT2D eigenvalue weighted by atomic mass is 35.5. The first-order valence-corrected chi connectivity index (χ1v) is 5.87. The smallest absolute Gasteiger partial charge is 0.186 e. The largest absolute Gasteiger partial charge is 0.361 e. The molecule has 2 aromatic rings. The van der Waals surface area contributed by atoms with Crippen molar-refractivity contribution in [2.75, 3.05) is 5.32 Å². The minimum Gasteiger partial charge on any atom is -0.361 e. The van der Waals surface area contributed by atoms with Crippen molar-refractivity contribution >= 4 is 40.5 Å². The zero-order chi connectivity index (χ0) is 9.97. The standard InChI is InChI=1S/C7H7ClN4S2/c1-4-10-5(3-13-4)2-9-7-6(8)11-14-12-7/h3H,2H2,1H3,(H,9,12). The van der Waals surface area contributed by atoms with Crippen molar-refractivity contribution < 1.29 is 0 Å². The van der Waals surface area contributed by atoms with Crippen molar-refractivity contribution in [2.24, 2.45) is 0 Å². The predicted octanol–water partition coefficient (Wildman–Crippen LogP) is 2.57. The van der Waals surface area contributed by atoms with Gasteiger partial charge in [-0.2, -0.15) is 8.75 Å². The summed E-state index contributed by atoms with van der Waals surface area (Å²) in [5, 5.41) is 6.56. The topological polar surface area (TPSA) is 50.7 Å². The second-order valence-corrected chi connectivity index (χ2v) is 4.56. The number of aromatic nitrogens is 3. The van der Waals surface area contributed by atoms with Crippen LogP contribution in [-0.2, 0) is 6.54 Å². The Kier molecular flexibility index (Phi) is 2.95. The van der Waals surface area contributed by atoms with Crippen molar-refractivity contribution in [1.29, 1.82) is 0 Å². The number of hydrogen-bond acceptors (Lipinski definition) is 6. The second-order valence-electron chi connectivity index (χ2n) is 2.62. The van der Waals surface area contributed by atoms with E-state index in [9.17, 15) is 0 Å². The van der Waals surface area contributed by atoms with E-state index in [-0.39, 0.29) is 0 Å².